The van der Waals surface area contributed by atoms with Gasteiger partial charge in [-0.05, 0) is 48.9 Å². The van der Waals surface area contributed by atoms with E-state index >= 15 is 0 Å². The van der Waals surface area contributed by atoms with Crippen LogP contribution in [0.4, 0.5) is 0 Å². The van der Waals surface area contributed by atoms with Crippen molar-refractivity contribution in [1.29, 1.82) is 0 Å². The summed E-state index contributed by atoms with van der Waals surface area (Å²) in [6.45, 7) is 11.2. The van der Waals surface area contributed by atoms with Crippen molar-refractivity contribution in [1.82, 2.24) is 5.32 Å². The molecule has 0 radical (unpaired) electrons. The average Bonchev–Trinajstić information content (AvgIpc) is 2.34. The Kier molecular flexibility index (Phi) is 7.20. The molecule has 0 aromatic heterocycles. The van der Waals surface area contributed by atoms with Crippen molar-refractivity contribution >= 4 is 23.2 Å². The molecule has 0 heterocycles. The Morgan fingerprint density at radius 1 is 1.00 bits per heavy atom. The molecule has 0 spiro atoms. The first-order valence-corrected chi connectivity index (χ1v) is 7.81. The predicted octanol–water partition coefficient (Wildman–Crippen LogP) is 5.05. The van der Waals surface area contributed by atoms with E-state index in [0.717, 1.165) is 25.1 Å². The van der Waals surface area contributed by atoms with Crippen molar-refractivity contribution in [3.8, 4) is 0 Å². The van der Waals surface area contributed by atoms with E-state index in [2.05, 4.69) is 39.1 Å². The maximum absolute atomic E-state index is 6.24. The lowest BCUT2D eigenvalue weighted by atomic mass is 9.89. The summed E-state index contributed by atoms with van der Waals surface area (Å²) >= 11 is 12.3. The third-order valence-corrected chi connectivity index (χ3v) is 4.42. The summed E-state index contributed by atoms with van der Waals surface area (Å²) in [5.74, 6) is 1.90. The fourth-order valence-electron chi connectivity index (χ4n) is 2.06. The minimum atomic E-state index is 0.579. The van der Waals surface area contributed by atoms with E-state index in [4.69, 9.17) is 23.2 Å². The molecule has 0 aliphatic rings. The predicted molar refractivity (Wildman–Crippen MR) is 86.2 cm³/mol. The van der Waals surface area contributed by atoms with Crippen LogP contribution in [0.25, 0.3) is 0 Å². The quantitative estimate of drug-likeness (QED) is 0.743. The van der Waals surface area contributed by atoms with Gasteiger partial charge in [-0.2, -0.15) is 0 Å². The number of halogens is 2. The van der Waals surface area contributed by atoms with Crippen LogP contribution in [0, 0.1) is 17.8 Å². The van der Waals surface area contributed by atoms with E-state index in [9.17, 15) is 0 Å². The van der Waals surface area contributed by atoms with E-state index in [1.165, 1.54) is 0 Å². The van der Waals surface area contributed by atoms with Crippen molar-refractivity contribution < 1.29 is 0 Å². The van der Waals surface area contributed by atoms with Crippen LogP contribution in [0.3, 0.4) is 0 Å². The lowest BCUT2D eigenvalue weighted by Crippen LogP contribution is -2.28. The van der Waals surface area contributed by atoms with Crippen LogP contribution in [-0.4, -0.2) is 13.1 Å². The Morgan fingerprint density at radius 3 is 2.32 bits per heavy atom. The van der Waals surface area contributed by atoms with E-state index in [1.807, 2.05) is 12.1 Å². The normalized spacial score (nSPS) is 14.7. The SMILES string of the molecule is CC(C)CNCC(C)C(C)Cc1cccc(Cl)c1Cl. The molecule has 3 heteroatoms. The van der Waals surface area contributed by atoms with E-state index in [0.29, 0.717) is 27.8 Å². The van der Waals surface area contributed by atoms with Gasteiger partial charge in [0.15, 0.2) is 0 Å². The first-order valence-electron chi connectivity index (χ1n) is 7.05. The van der Waals surface area contributed by atoms with Crippen LogP contribution < -0.4 is 5.32 Å². The minimum absolute atomic E-state index is 0.579. The molecule has 1 rings (SSSR count). The highest BCUT2D eigenvalue weighted by Crippen LogP contribution is 2.28. The van der Waals surface area contributed by atoms with Gasteiger partial charge in [-0.1, -0.05) is 63.0 Å². The Labute approximate surface area is 127 Å². The van der Waals surface area contributed by atoms with E-state index < -0.39 is 0 Å². The van der Waals surface area contributed by atoms with Gasteiger partial charge in [-0.25, -0.2) is 0 Å². The Hall–Kier alpha value is -0.240. The summed E-state index contributed by atoms with van der Waals surface area (Å²) in [6, 6.07) is 5.88. The highest BCUT2D eigenvalue weighted by molar-refractivity contribution is 6.42. The fraction of sp³-hybridized carbons (Fsp3) is 0.625. The van der Waals surface area contributed by atoms with Crippen LogP contribution in [0.1, 0.15) is 33.3 Å². The first-order chi connectivity index (χ1) is 8.91. The van der Waals surface area contributed by atoms with Crippen molar-refractivity contribution in [2.75, 3.05) is 13.1 Å². The third-order valence-electron chi connectivity index (χ3n) is 3.56. The van der Waals surface area contributed by atoms with Crippen LogP contribution in [0.15, 0.2) is 18.2 Å². The highest BCUT2D eigenvalue weighted by atomic mass is 35.5. The molecule has 1 aromatic carbocycles. The van der Waals surface area contributed by atoms with Gasteiger partial charge in [0.1, 0.15) is 0 Å². The van der Waals surface area contributed by atoms with Gasteiger partial charge in [-0.15, -0.1) is 0 Å². The Balaban J connectivity index is 2.49. The average molecular weight is 302 g/mol. The van der Waals surface area contributed by atoms with E-state index in [-0.39, 0.29) is 0 Å². The molecule has 1 N–H and O–H groups in total. The van der Waals surface area contributed by atoms with Gasteiger partial charge in [0.2, 0.25) is 0 Å². The van der Waals surface area contributed by atoms with Crippen LogP contribution in [-0.2, 0) is 6.42 Å². The highest BCUT2D eigenvalue weighted by Gasteiger charge is 2.15. The standard InChI is InChI=1S/C16H25Cl2N/c1-11(2)9-19-10-13(4)12(3)8-14-6-5-7-15(17)16(14)18/h5-7,11-13,19H,8-10H2,1-4H3. The second kappa shape index (κ2) is 8.14. The van der Waals surface area contributed by atoms with Gasteiger partial charge in [0.05, 0.1) is 10.0 Å². The monoisotopic (exact) mass is 301 g/mol. The molecular weight excluding hydrogens is 277 g/mol. The minimum Gasteiger partial charge on any atom is -0.316 e. The van der Waals surface area contributed by atoms with Gasteiger partial charge in [-0.3, -0.25) is 0 Å². The zero-order valence-electron chi connectivity index (χ0n) is 12.3. The summed E-state index contributed by atoms with van der Waals surface area (Å²) in [7, 11) is 0. The second-order valence-corrected chi connectivity index (χ2v) is 6.71. The second-order valence-electron chi connectivity index (χ2n) is 5.92. The molecule has 0 saturated carbocycles. The number of nitrogens with one attached hydrogen (secondary N) is 1. The zero-order valence-corrected chi connectivity index (χ0v) is 13.9. The molecule has 0 aliphatic heterocycles. The molecule has 1 aromatic rings. The zero-order chi connectivity index (χ0) is 14.4. The van der Waals surface area contributed by atoms with Crippen LogP contribution in [0.2, 0.25) is 10.0 Å². The van der Waals surface area contributed by atoms with Crippen LogP contribution >= 0.6 is 23.2 Å². The topological polar surface area (TPSA) is 12.0 Å². The molecule has 0 fully saturated rings. The molecule has 0 amide bonds. The summed E-state index contributed by atoms with van der Waals surface area (Å²) in [4.78, 5) is 0. The number of rotatable bonds is 7. The van der Waals surface area contributed by atoms with Crippen molar-refractivity contribution in [3.05, 3.63) is 33.8 Å². The van der Waals surface area contributed by atoms with Gasteiger partial charge >= 0.3 is 0 Å². The maximum Gasteiger partial charge on any atom is 0.0624 e. The number of benzene rings is 1. The van der Waals surface area contributed by atoms with Crippen LogP contribution in [0.5, 0.6) is 0 Å². The fourth-order valence-corrected chi connectivity index (χ4v) is 2.45. The lowest BCUT2D eigenvalue weighted by Gasteiger charge is -2.21. The number of hydrogen-bond acceptors (Lipinski definition) is 1. The Bertz CT molecular complexity index is 390. The molecule has 2 unspecified atom stereocenters. The maximum atomic E-state index is 6.24. The number of hydrogen-bond donors (Lipinski definition) is 1. The molecule has 1 nitrogen and oxygen atoms in total. The summed E-state index contributed by atoms with van der Waals surface area (Å²) in [5, 5.41) is 4.87. The first kappa shape index (κ1) is 16.8. The Morgan fingerprint density at radius 2 is 1.68 bits per heavy atom. The molecule has 0 bridgehead atoms. The molecule has 0 saturated heterocycles. The molecular formula is C16H25Cl2N. The van der Waals surface area contributed by atoms with Gasteiger partial charge in [0.25, 0.3) is 0 Å². The smallest absolute Gasteiger partial charge is 0.0624 e. The molecule has 0 aliphatic carbocycles. The lowest BCUT2D eigenvalue weighted by molar-refractivity contribution is 0.357. The summed E-state index contributed by atoms with van der Waals surface area (Å²) < 4.78 is 0. The van der Waals surface area contributed by atoms with Gasteiger partial charge < -0.3 is 5.32 Å². The molecule has 108 valence electrons. The largest absolute Gasteiger partial charge is 0.316 e. The third kappa shape index (κ3) is 5.72. The van der Waals surface area contributed by atoms with Crippen molar-refractivity contribution in [2.24, 2.45) is 17.8 Å². The molecule has 2 atom stereocenters. The van der Waals surface area contributed by atoms with Crippen molar-refractivity contribution in [3.63, 3.8) is 0 Å². The summed E-state index contributed by atoms with van der Waals surface area (Å²) in [5.41, 5.74) is 1.15. The molecule has 19 heavy (non-hydrogen) atoms. The van der Waals surface area contributed by atoms with Crippen molar-refractivity contribution in [2.45, 2.75) is 34.1 Å². The van der Waals surface area contributed by atoms with Gasteiger partial charge in [0, 0.05) is 0 Å². The summed E-state index contributed by atoms with van der Waals surface area (Å²) in [6.07, 6.45) is 0.976. The van der Waals surface area contributed by atoms with E-state index in [1.54, 1.807) is 0 Å².